The van der Waals surface area contributed by atoms with E-state index in [4.69, 9.17) is 19.9 Å². The minimum atomic E-state index is -0.986. The number of carbonyl (C=O) groups excluding carboxylic acids is 2. The number of nitrogens with two attached hydrogens (primary N) is 1. The first-order valence-electron chi connectivity index (χ1n) is 6.32. The van der Waals surface area contributed by atoms with Gasteiger partial charge in [-0.15, -0.1) is 0 Å². The van der Waals surface area contributed by atoms with Gasteiger partial charge in [0.15, 0.2) is 0 Å². The lowest BCUT2D eigenvalue weighted by Crippen LogP contribution is -2.33. The zero-order valence-corrected chi connectivity index (χ0v) is 10.9. The van der Waals surface area contributed by atoms with Crippen LogP contribution >= 0.6 is 0 Å². The van der Waals surface area contributed by atoms with Gasteiger partial charge >= 0.3 is 12.1 Å². The van der Waals surface area contributed by atoms with Crippen LogP contribution < -0.4 is 5.73 Å². The van der Waals surface area contributed by atoms with Gasteiger partial charge in [0.1, 0.15) is 12.1 Å². The van der Waals surface area contributed by atoms with Crippen molar-refractivity contribution in [2.75, 3.05) is 0 Å². The Morgan fingerprint density at radius 1 is 1.11 bits per heavy atom. The summed E-state index contributed by atoms with van der Waals surface area (Å²) < 4.78 is 14.7. The molecule has 1 aliphatic rings. The second kappa shape index (κ2) is 7.20. The Kier molecular flexibility index (Phi) is 5.91. The largest absolute Gasteiger partial charge is 0.511 e. The molecule has 0 amide bonds. The van der Waals surface area contributed by atoms with E-state index in [2.05, 4.69) is 0 Å². The van der Waals surface area contributed by atoms with Crippen molar-refractivity contribution in [3.8, 4) is 0 Å². The predicted octanol–water partition coefficient (Wildman–Crippen LogP) is 1.71. The smallest absolute Gasteiger partial charge is 0.431 e. The Hall–Kier alpha value is -1.30. The van der Waals surface area contributed by atoms with Crippen molar-refractivity contribution in [1.82, 2.24) is 0 Å². The molecule has 2 N–H and O–H groups in total. The van der Waals surface area contributed by atoms with Crippen LogP contribution in [0.5, 0.6) is 0 Å². The van der Waals surface area contributed by atoms with Crippen LogP contribution in [0.4, 0.5) is 4.79 Å². The average Bonchev–Trinajstić information content (AvgIpc) is 2.29. The fraction of sp³-hybridized carbons (Fsp3) is 0.833. The zero-order valence-electron chi connectivity index (χ0n) is 10.9. The molecular weight excluding hydrogens is 238 g/mol. The monoisotopic (exact) mass is 259 g/mol. The van der Waals surface area contributed by atoms with Gasteiger partial charge < -0.3 is 19.9 Å². The summed E-state index contributed by atoms with van der Waals surface area (Å²) in [5.41, 5.74) is 5.32. The van der Waals surface area contributed by atoms with Gasteiger partial charge in [0.2, 0.25) is 6.29 Å². The fourth-order valence-corrected chi connectivity index (χ4v) is 1.78. The molecule has 0 heterocycles. The molecule has 1 aliphatic carbocycles. The van der Waals surface area contributed by atoms with Gasteiger partial charge in [0, 0.05) is 6.92 Å². The fourth-order valence-electron chi connectivity index (χ4n) is 1.78. The highest BCUT2D eigenvalue weighted by Crippen LogP contribution is 2.20. The van der Waals surface area contributed by atoms with Crippen molar-refractivity contribution in [2.24, 2.45) is 5.73 Å². The summed E-state index contributed by atoms with van der Waals surface area (Å²) in [6.45, 7) is 2.94. The van der Waals surface area contributed by atoms with Crippen molar-refractivity contribution in [1.29, 1.82) is 0 Å². The first-order chi connectivity index (χ1) is 8.49. The lowest BCUT2D eigenvalue weighted by atomic mass is 9.98. The van der Waals surface area contributed by atoms with Crippen LogP contribution in [-0.4, -0.2) is 30.6 Å². The van der Waals surface area contributed by atoms with Gasteiger partial charge in [0.05, 0.1) is 0 Å². The Morgan fingerprint density at radius 2 is 1.72 bits per heavy atom. The summed E-state index contributed by atoms with van der Waals surface area (Å²) in [5.74, 6) is -0.618. The summed E-state index contributed by atoms with van der Waals surface area (Å²) in [7, 11) is 0. The molecule has 1 unspecified atom stereocenters. The lowest BCUT2D eigenvalue weighted by molar-refractivity contribution is -0.170. The molecule has 0 aromatic carbocycles. The minimum absolute atomic E-state index is 0.0809. The van der Waals surface area contributed by atoms with Crippen LogP contribution in [0.25, 0.3) is 0 Å². The van der Waals surface area contributed by atoms with Gasteiger partial charge in [-0.2, -0.15) is 0 Å². The van der Waals surface area contributed by atoms with E-state index in [1.54, 1.807) is 0 Å². The van der Waals surface area contributed by atoms with Crippen LogP contribution in [0.1, 0.15) is 46.0 Å². The minimum Gasteiger partial charge on any atom is -0.431 e. The normalized spacial score (nSPS) is 19.7. The molecular formula is C12H21NO5. The molecule has 0 aromatic rings. The van der Waals surface area contributed by atoms with Crippen LogP contribution in [0.2, 0.25) is 0 Å². The summed E-state index contributed by atoms with van der Waals surface area (Å²) in [4.78, 5) is 22.6. The van der Waals surface area contributed by atoms with Gasteiger partial charge in [-0.25, -0.2) is 4.79 Å². The maximum atomic E-state index is 11.4. The number of hydrogen-bond donors (Lipinski definition) is 1. The Morgan fingerprint density at radius 3 is 2.28 bits per heavy atom. The lowest BCUT2D eigenvalue weighted by Gasteiger charge is -2.22. The van der Waals surface area contributed by atoms with Crippen molar-refractivity contribution < 1.29 is 23.8 Å². The standard InChI is InChI=1S/C12H21NO5/c1-8(13)11(14)16-9(2)17-12(15)18-10-6-4-3-5-7-10/h8-10H,3-7,13H2,1-2H3/t8-,9?/m0/s1. The molecule has 1 rings (SSSR count). The third-order valence-corrected chi connectivity index (χ3v) is 2.73. The highest BCUT2D eigenvalue weighted by atomic mass is 16.8. The van der Waals surface area contributed by atoms with Crippen LogP contribution in [0, 0.1) is 0 Å². The first kappa shape index (κ1) is 14.8. The van der Waals surface area contributed by atoms with Gasteiger partial charge in [-0.1, -0.05) is 6.42 Å². The molecule has 1 saturated carbocycles. The molecule has 104 valence electrons. The van der Waals surface area contributed by atoms with Crippen molar-refractivity contribution in [3.63, 3.8) is 0 Å². The van der Waals surface area contributed by atoms with Gasteiger partial charge in [-0.05, 0) is 32.6 Å². The molecule has 0 aromatic heterocycles. The topological polar surface area (TPSA) is 87.9 Å². The number of rotatable bonds is 4. The molecule has 18 heavy (non-hydrogen) atoms. The Bertz CT molecular complexity index is 286. The average molecular weight is 259 g/mol. The Labute approximate surface area is 107 Å². The van der Waals surface area contributed by atoms with Crippen LogP contribution in [0.3, 0.4) is 0 Å². The van der Waals surface area contributed by atoms with E-state index < -0.39 is 24.5 Å². The maximum Gasteiger partial charge on any atom is 0.511 e. The Balaban J connectivity index is 2.24. The molecule has 0 spiro atoms. The number of hydrogen-bond acceptors (Lipinski definition) is 6. The highest BCUT2D eigenvalue weighted by Gasteiger charge is 2.22. The van der Waals surface area contributed by atoms with Crippen molar-refractivity contribution >= 4 is 12.1 Å². The van der Waals surface area contributed by atoms with Crippen molar-refractivity contribution in [3.05, 3.63) is 0 Å². The van der Waals surface area contributed by atoms with E-state index in [1.807, 2.05) is 0 Å². The SMILES string of the molecule is CC(OC(=O)OC1CCCCC1)OC(=O)[C@H](C)N. The molecule has 0 bridgehead atoms. The van der Waals surface area contributed by atoms with E-state index in [-0.39, 0.29) is 6.10 Å². The number of esters is 1. The third kappa shape index (κ3) is 5.35. The molecule has 2 atom stereocenters. The first-order valence-corrected chi connectivity index (χ1v) is 6.32. The molecule has 1 fully saturated rings. The van der Waals surface area contributed by atoms with Gasteiger partial charge in [0.25, 0.3) is 0 Å². The third-order valence-electron chi connectivity index (χ3n) is 2.73. The second-order valence-electron chi connectivity index (χ2n) is 4.54. The van der Waals surface area contributed by atoms with E-state index >= 15 is 0 Å². The zero-order chi connectivity index (χ0) is 13.5. The van der Waals surface area contributed by atoms with Crippen LogP contribution in [-0.2, 0) is 19.0 Å². The van der Waals surface area contributed by atoms with Crippen molar-refractivity contribution in [2.45, 2.75) is 64.4 Å². The van der Waals surface area contributed by atoms with E-state index in [0.29, 0.717) is 0 Å². The van der Waals surface area contributed by atoms with Gasteiger partial charge in [-0.3, -0.25) is 4.79 Å². The maximum absolute atomic E-state index is 11.4. The number of ether oxygens (including phenoxy) is 3. The van der Waals surface area contributed by atoms with E-state index in [9.17, 15) is 9.59 Å². The molecule has 6 nitrogen and oxygen atoms in total. The molecule has 6 heteroatoms. The quantitative estimate of drug-likeness (QED) is 0.610. The highest BCUT2D eigenvalue weighted by molar-refractivity contribution is 5.75. The molecule has 0 aliphatic heterocycles. The van der Waals surface area contributed by atoms with Crippen LogP contribution in [0.15, 0.2) is 0 Å². The summed E-state index contributed by atoms with van der Waals surface area (Å²) in [5, 5.41) is 0. The molecule has 0 radical (unpaired) electrons. The van der Waals surface area contributed by atoms with E-state index in [1.165, 1.54) is 20.3 Å². The summed E-state index contributed by atoms with van der Waals surface area (Å²) >= 11 is 0. The summed E-state index contributed by atoms with van der Waals surface area (Å²) in [6, 6.07) is -0.745. The predicted molar refractivity (Wildman–Crippen MR) is 63.6 cm³/mol. The summed E-state index contributed by atoms with van der Waals surface area (Å²) in [6.07, 6.45) is 3.16. The second-order valence-corrected chi connectivity index (χ2v) is 4.54. The van der Waals surface area contributed by atoms with E-state index in [0.717, 1.165) is 25.7 Å². The molecule has 0 saturated heterocycles. The number of carbonyl (C=O) groups is 2.